The predicted octanol–water partition coefficient (Wildman–Crippen LogP) is 3.99. The molecule has 0 radical (unpaired) electrons. The van der Waals surface area contributed by atoms with Crippen molar-refractivity contribution in [2.24, 2.45) is 5.92 Å². The highest BCUT2D eigenvalue weighted by atomic mass is 16.5. The maximum absolute atomic E-state index is 12.6. The van der Waals surface area contributed by atoms with Crippen LogP contribution in [0.15, 0.2) is 42.5 Å². The number of rotatable bonds is 6. The van der Waals surface area contributed by atoms with E-state index in [1.54, 1.807) is 6.08 Å². The van der Waals surface area contributed by atoms with Gasteiger partial charge in [-0.15, -0.1) is 0 Å². The molecule has 1 aromatic heterocycles. The Bertz CT molecular complexity index is 771. The summed E-state index contributed by atoms with van der Waals surface area (Å²) in [5.41, 5.74) is 4.53. The molecule has 3 rings (SSSR count). The summed E-state index contributed by atoms with van der Waals surface area (Å²) in [6, 6.07) is 12.4. The second-order valence-corrected chi connectivity index (χ2v) is 6.94. The van der Waals surface area contributed by atoms with E-state index < -0.39 is 0 Å². The fourth-order valence-corrected chi connectivity index (χ4v) is 3.61. The van der Waals surface area contributed by atoms with E-state index in [4.69, 9.17) is 4.74 Å². The average Bonchev–Trinajstić information content (AvgIpc) is 3.26. The summed E-state index contributed by atoms with van der Waals surface area (Å²) in [5, 5.41) is 0. The van der Waals surface area contributed by atoms with Crippen molar-refractivity contribution in [2.45, 2.75) is 27.2 Å². The average molecular weight is 352 g/mol. The first-order valence-corrected chi connectivity index (χ1v) is 9.39. The second kappa shape index (κ2) is 8.37. The summed E-state index contributed by atoms with van der Waals surface area (Å²) in [4.78, 5) is 14.5. The fourth-order valence-electron chi connectivity index (χ4n) is 3.61. The quantitative estimate of drug-likeness (QED) is 0.737. The Morgan fingerprint density at radius 2 is 2.08 bits per heavy atom. The van der Waals surface area contributed by atoms with Gasteiger partial charge in [0.2, 0.25) is 5.91 Å². The van der Waals surface area contributed by atoms with Crippen molar-refractivity contribution >= 4 is 12.0 Å². The summed E-state index contributed by atoms with van der Waals surface area (Å²) in [6.45, 7) is 9.31. The number of ether oxygens (including phenoxy) is 1. The molecule has 1 aliphatic heterocycles. The number of nitrogens with zero attached hydrogens (tertiary/aromatic N) is 2. The van der Waals surface area contributed by atoms with Crippen LogP contribution in [0.25, 0.3) is 11.8 Å². The Morgan fingerprint density at radius 1 is 1.31 bits per heavy atom. The molecule has 0 saturated carbocycles. The molecule has 4 heteroatoms. The van der Waals surface area contributed by atoms with Crippen LogP contribution in [-0.4, -0.2) is 41.7 Å². The van der Waals surface area contributed by atoms with Gasteiger partial charge in [-0.1, -0.05) is 18.2 Å². The molecule has 138 valence electrons. The van der Waals surface area contributed by atoms with Crippen molar-refractivity contribution in [3.8, 4) is 5.69 Å². The molecule has 0 N–H and O–H groups in total. The lowest BCUT2D eigenvalue weighted by atomic mass is 10.1. The van der Waals surface area contributed by atoms with Crippen LogP contribution < -0.4 is 0 Å². The number of amides is 1. The zero-order chi connectivity index (χ0) is 18.5. The van der Waals surface area contributed by atoms with Gasteiger partial charge < -0.3 is 14.2 Å². The van der Waals surface area contributed by atoms with Gasteiger partial charge in [-0.3, -0.25) is 4.79 Å². The van der Waals surface area contributed by atoms with E-state index in [0.717, 1.165) is 55.4 Å². The minimum atomic E-state index is 0.0731. The van der Waals surface area contributed by atoms with Crippen LogP contribution in [0.2, 0.25) is 0 Å². The number of likely N-dealkylation sites (N-methyl/N-ethyl adjacent to an activating group) is 1. The van der Waals surface area contributed by atoms with E-state index in [1.165, 1.54) is 0 Å². The van der Waals surface area contributed by atoms with Gasteiger partial charge in [0.05, 0.1) is 6.61 Å². The molecule has 2 heterocycles. The molecule has 1 unspecified atom stereocenters. The van der Waals surface area contributed by atoms with Crippen LogP contribution in [0, 0.1) is 19.8 Å². The number of aromatic nitrogens is 1. The van der Waals surface area contributed by atoms with E-state index in [2.05, 4.69) is 36.6 Å². The van der Waals surface area contributed by atoms with Crippen LogP contribution >= 0.6 is 0 Å². The number of aryl methyl sites for hydroxylation is 1. The lowest BCUT2D eigenvalue weighted by Gasteiger charge is -2.22. The molecule has 1 aromatic carbocycles. The van der Waals surface area contributed by atoms with Gasteiger partial charge >= 0.3 is 0 Å². The van der Waals surface area contributed by atoms with Gasteiger partial charge in [0.15, 0.2) is 0 Å². The largest absolute Gasteiger partial charge is 0.381 e. The Kier molecular flexibility index (Phi) is 5.94. The van der Waals surface area contributed by atoms with E-state index in [9.17, 15) is 4.79 Å². The van der Waals surface area contributed by atoms with E-state index in [-0.39, 0.29) is 5.91 Å². The highest BCUT2D eigenvalue weighted by Crippen LogP contribution is 2.22. The van der Waals surface area contributed by atoms with Gasteiger partial charge in [-0.2, -0.15) is 0 Å². The minimum Gasteiger partial charge on any atom is -0.381 e. The highest BCUT2D eigenvalue weighted by Gasteiger charge is 2.20. The first-order chi connectivity index (χ1) is 12.6. The molecule has 26 heavy (non-hydrogen) atoms. The maximum atomic E-state index is 12.6. The van der Waals surface area contributed by atoms with Crippen molar-refractivity contribution in [3.05, 3.63) is 59.4 Å². The van der Waals surface area contributed by atoms with Crippen LogP contribution in [0.1, 0.15) is 30.3 Å². The van der Waals surface area contributed by atoms with Crippen molar-refractivity contribution in [3.63, 3.8) is 0 Å². The number of carbonyl (C=O) groups excluding carboxylic acids is 1. The Balaban J connectivity index is 1.74. The van der Waals surface area contributed by atoms with Crippen LogP contribution in [-0.2, 0) is 9.53 Å². The third kappa shape index (κ3) is 4.07. The topological polar surface area (TPSA) is 34.5 Å². The van der Waals surface area contributed by atoms with Crippen molar-refractivity contribution in [1.29, 1.82) is 0 Å². The van der Waals surface area contributed by atoms with Crippen LogP contribution in [0.5, 0.6) is 0 Å². The monoisotopic (exact) mass is 352 g/mol. The Labute approximate surface area is 156 Å². The number of carbonyl (C=O) groups is 1. The lowest BCUT2D eigenvalue weighted by Crippen LogP contribution is -2.34. The Hall–Kier alpha value is -2.33. The van der Waals surface area contributed by atoms with Gasteiger partial charge in [-0.25, -0.2) is 0 Å². The molecule has 4 nitrogen and oxygen atoms in total. The van der Waals surface area contributed by atoms with E-state index in [1.807, 2.05) is 36.1 Å². The second-order valence-electron chi connectivity index (χ2n) is 6.94. The zero-order valence-corrected chi connectivity index (χ0v) is 15.9. The number of hydrogen-bond acceptors (Lipinski definition) is 2. The summed E-state index contributed by atoms with van der Waals surface area (Å²) in [5.74, 6) is 0.541. The molecule has 0 aliphatic carbocycles. The summed E-state index contributed by atoms with van der Waals surface area (Å²) < 4.78 is 7.65. The third-order valence-corrected chi connectivity index (χ3v) is 5.09. The minimum absolute atomic E-state index is 0.0731. The van der Waals surface area contributed by atoms with Gasteiger partial charge in [0.1, 0.15) is 0 Å². The van der Waals surface area contributed by atoms with E-state index >= 15 is 0 Å². The molecule has 2 aromatic rings. The zero-order valence-electron chi connectivity index (χ0n) is 15.9. The van der Waals surface area contributed by atoms with Gasteiger partial charge in [0, 0.05) is 48.8 Å². The van der Waals surface area contributed by atoms with Crippen molar-refractivity contribution < 1.29 is 9.53 Å². The molecular formula is C22H28N2O2. The molecule has 0 spiro atoms. The molecule has 1 amide bonds. The SMILES string of the molecule is CCN(CC1CCOC1)C(=O)/C=C/c1cc(C)n(-c2ccccc2)c1C. The Morgan fingerprint density at radius 3 is 2.73 bits per heavy atom. The molecule has 1 atom stereocenters. The number of hydrogen-bond donors (Lipinski definition) is 0. The molecule has 0 bridgehead atoms. The lowest BCUT2D eigenvalue weighted by molar-refractivity contribution is -0.126. The standard InChI is InChI=1S/C22H28N2O2/c1-4-23(15-19-12-13-26-16-19)22(25)11-10-20-14-17(2)24(18(20)3)21-8-6-5-7-9-21/h5-11,14,19H,4,12-13,15-16H2,1-3H3/b11-10+. The number of para-hydroxylation sites is 1. The van der Waals surface area contributed by atoms with Gasteiger partial charge in [-0.05, 0) is 57.0 Å². The third-order valence-electron chi connectivity index (χ3n) is 5.09. The smallest absolute Gasteiger partial charge is 0.246 e. The van der Waals surface area contributed by atoms with Gasteiger partial charge in [0.25, 0.3) is 0 Å². The maximum Gasteiger partial charge on any atom is 0.246 e. The molecule has 1 fully saturated rings. The fraction of sp³-hybridized carbons (Fsp3) is 0.409. The van der Waals surface area contributed by atoms with E-state index in [0.29, 0.717) is 5.92 Å². The summed E-state index contributed by atoms with van der Waals surface area (Å²) >= 11 is 0. The summed E-state index contributed by atoms with van der Waals surface area (Å²) in [6.07, 6.45) is 4.69. The molecular weight excluding hydrogens is 324 g/mol. The normalized spacial score (nSPS) is 17.1. The van der Waals surface area contributed by atoms with Crippen LogP contribution in [0.4, 0.5) is 0 Å². The molecule has 1 saturated heterocycles. The predicted molar refractivity (Wildman–Crippen MR) is 105 cm³/mol. The van der Waals surface area contributed by atoms with Crippen LogP contribution in [0.3, 0.4) is 0 Å². The van der Waals surface area contributed by atoms with Crippen molar-refractivity contribution in [2.75, 3.05) is 26.3 Å². The number of benzene rings is 1. The van der Waals surface area contributed by atoms with Crippen molar-refractivity contribution in [1.82, 2.24) is 9.47 Å². The molecule has 1 aliphatic rings. The first-order valence-electron chi connectivity index (χ1n) is 9.39. The first kappa shape index (κ1) is 18.5. The summed E-state index contributed by atoms with van der Waals surface area (Å²) in [7, 11) is 0. The highest BCUT2D eigenvalue weighted by molar-refractivity contribution is 5.92.